The third kappa shape index (κ3) is 10.9. The molecule has 10 nitrogen and oxygen atoms in total. The number of phenolic OH excluding ortho intramolecular Hbond substituents is 1. The van der Waals surface area contributed by atoms with E-state index in [2.05, 4.69) is 16.0 Å². The fraction of sp³-hybridized carbons (Fsp3) is 0.600. The van der Waals surface area contributed by atoms with Gasteiger partial charge in [0.2, 0.25) is 17.7 Å². The number of nitrogens with two attached hydrogens (primary N) is 1. The zero-order valence-corrected chi connectivity index (χ0v) is 22.4. The Hall–Kier alpha value is -2.79. The topological polar surface area (TPSA) is 171 Å². The third-order valence-corrected chi connectivity index (χ3v) is 6.19. The molecule has 0 heterocycles. The number of hydrogen-bond acceptors (Lipinski definition) is 7. The highest BCUT2D eigenvalue weighted by Crippen LogP contribution is 2.12. The minimum Gasteiger partial charge on any atom is -0.508 e. The molecule has 0 aliphatic heterocycles. The Kier molecular flexibility index (Phi) is 13.3. The summed E-state index contributed by atoms with van der Waals surface area (Å²) < 4.78 is 0. The van der Waals surface area contributed by atoms with Crippen LogP contribution in [0.3, 0.4) is 0 Å². The van der Waals surface area contributed by atoms with Crippen LogP contribution in [-0.4, -0.2) is 70.1 Å². The van der Waals surface area contributed by atoms with E-state index in [1.807, 2.05) is 20.1 Å². The van der Waals surface area contributed by atoms with Crippen LogP contribution < -0.4 is 21.7 Å². The first-order valence-corrected chi connectivity index (χ1v) is 13.4. The maximum absolute atomic E-state index is 13.2. The predicted octanol–water partition coefficient (Wildman–Crippen LogP) is 1.26. The van der Waals surface area contributed by atoms with Gasteiger partial charge in [-0.25, -0.2) is 4.79 Å². The van der Waals surface area contributed by atoms with E-state index >= 15 is 0 Å². The van der Waals surface area contributed by atoms with E-state index in [9.17, 15) is 29.4 Å². The molecule has 4 unspecified atom stereocenters. The van der Waals surface area contributed by atoms with Gasteiger partial charge in [-0.05, 0) is 60.8 Å². The second-order valence-corrected chi connectivity index (χ2v) is 10.6. The number of carboxylic acids is 1. The lowest BCUT2D eigenvalue weighted by Crippen LogP contribution is -2.58. The van der Waals surface area contributed by atoms with Crippen molar-refractivity contribution < 1.29 is 29.4 Å². The largest absolute Gasteiger partial charge is 0.508 e. The van der Waals surface area contributed by atoms with Crippen molar-refractivity contribution in [2.24, 2.45) is 17.6 Å². The molecule has 202 valence electrons. The van der Waals surface area contributed by atoms with Crippen molar-refractivity contribution in [2.75, 3.05) is 12.0 Å². The van der Waals surface area contributed by atoms with E-state index < -0.39 is 47.9 Å². The van der Waals surface area contributed by atoms with Crippen LogP contribution in [0, 0.1) is 11.8 Å². The molecule has 36 heavy (non-hydrogen) atoms. The summed E-state index contributed by atoms with van der Waals surface area (Å²) in [5, 5.41) is 26.7. The van der Waals surface area contributed by atoms with Crippen molar-refractivity contribution >= 4 is 35.5 Å². The zero-order chi connectivity index (χ0) is 27.4. The summed E-state index contributed by atoms with van der Waals surface area (Å²) in [4.78, 5) is 50.4. The van der Waals surface area contributed by atoms with Gasteiger partial charge in [-0.15, -0.1) is 0 Å². The molecular formula is C25H40N4O6S. The fourth-order valence-electron chi connectivity index (χ4n) is 3.50. The van der Waals surface area contributed by atoms with Gasteiger partial charge in [-0.1, -0.05) is 39.8 Å². The molecule has 0 bridgehead atoms. The highest BCUT2D eigenvalue weighted by Gasteiger charge is 2.31. The lowest BCUT2D eigenvalue weighted by molar-refractivity contribution is -0.143. The molecule has 4 atom stereocenters. The number of nitrogens with one attached hydrogen (secondary N) is 3. The number of benzene rings is 1. The lowest BCUT2D eigenvalue weighted by Gasteiger charge is -2.27. The van der Waals surface area contributed by atoms with E-state index in [0.29, 0.717) is 18.6 Å². The van der Waals surface area contributed by atoms with Crippen molar-refractivity contribution in [1.82, 2.24) is 16.0 Å². The normalized spacial score (nSPS) is 14.6. The van der Waals surface area contributed by atoms with Crippen molar-refractivity contribution in [1.29, 1.82) is 0 Å². The number of carbonyl (C=O) groups excluding carboxylic acids is 3. The van der Waals surface area contributed by atoms with Crippen LogP contribution in [-0.2, 0) is 25.6 Å². The molecule has 1 rings (SSSR count). The maximum Gasteiger partial charge on any atom is 0.326 e. The Bertz CT molecular complexity index is 878. The Morgan fingerprint density at radius 3 is 1.97 bits per heavy atom. The molecule has 1 aromatic carbocycles. The van der Waals surface area contributed by atoms with Crippen molar-refractivity contribution in [3.8, 4) is 5.75 Å². The number of phenols is 1. The van der Waals surface area contributed by atoms with Crippen LogP contribution in [0.15, 0.2) is 24.3 Å². The number of carbonyl (C=O) groups is 4. The van der Waals surface area contributed by atoms with Gasteiger partial charge in [0, 0.05) is 0 Å². The van der Waals surface area contributed by atoms with E-state index in [0.717, 1.165) is 5.56 Å². The minimum atomic E-state index is -1.15. The first kappa shape index (κ1) is 31.2. The highest BCUT2D eigenvalue weighted by molar-refractivity contribution is 7.98. The maximum atomic E-state index is 13.2. The van der Waals surface area contributed by atoms with Crippen molar-refractivity contribution in [2.45, 2.75) is 71.1 Å². The van der Waals surface area contributed by atoms with Crippen LogP contribution in [0.4, 0.5) is 0 Å². The predicted molar refractivity (Wildman–Crippen MR) is 141 cm³/mol. The lowest BCUT2D eigenvalue weighted by atomic mass is 10.00. The molecule has 3 amide bonds. The van der Waals surface area contributed by atoms with Gasteiger partial charge in [-0.3, -0.25) is 14.4 Å². The van der Waals surface area contributed by atoms with Gasteiger partial charge >= 0.3 is 5.97 Å². The molecule has 0 saturated carbocycles. The number of rotatable bonds is 15. The van der Waals surface area contributed by atoms with Crippen LogP contribution in [0.25, 0.3) is 0 Å². The number of carboxylic acid groups (broad SMARTS) is 1. The molecule has 0 fully saturated rings. The summed E-state index contributed by atoms with van der Waals surface area (Å²) >= 11 is 1.51. The first-order chi connectivity index (χ1) is 16.8. The van der Waals surface area contributed by atoms with Gasteiger partial charge in [-0.2, -0.15) is 11.8 Å². The Labute approximate surface area is 217 Å². The molecule has 0 aliphatic carbocycles. The zero-order valence-electron chi connectivity index (χ0n) is 21.6. The van der Waals surface area contributed by atoms with Gasteiger partial charge in [0.25, 0.3) is 0 Å². The Balaban J connectivity index is 2.94. The van der Waals surface area contributed by atoms with Gasteiger partial charge < -0.3 is 31.9 Å². The SMILES string of the molecule is CSCCC(NC(=O)C(N)Cc1ccc(O)cc1)C(=O)NC(CC(C)C)C(=O)NC(C(=O)O)C(C)C. The molecule has 0 aromatic heterocycles. The summed E-state index contributed by atoms with van der Waals surface area (Å²) in [6, 6.07) is 2.45. The first-order valence-electron chi connectivity index (χ1n) is 12.0. The smallest absolute Gasteiger partial charge is 0.326 e. The number of amides is 3. The van der Waals surface area contributed by atoms with Crippen LogP contribution in [0.5, 0.6) is 5.75 Å². The number of aliphatic carboxylic acids is 1. The van der Waals surface area contributed by atoms with E-state index in [-0.39, 0.29) is 24.0 Å². The molecule has 0 aliphatic rings. The van der Waals surface area contributed by atoms with E-state index in [4.69, 9.17) is 5.73 Å². The molecule has 7 N–H and O–H groups in total. The molecular weight excluding hydrogens is 484 g/mol. The molecule has 1 aromatic rings. The van der Waals surface area contributed by atoms with Crippen molar-refractivity contribution in [3.05, 3.63) is 29.8 Å². The number of thioether (sulfide) groups is 1. The van der Waals surface area contributed by atoms with Crippen LogP contribution in [0.2, 0.25) is 0 Å². The molecule has 11 heteroatoms. The monoisotopic (exact) mass is 524 g/mol. The number of aromatic hydroxyl groups is 1. The fourth-order valence-corrected chi connectivity index (χ4v) is 3.98. The Morgan fingerprint density at radius 2 is 1.47 bits per heavy atom. The van der Waals surface area contributed by atoms with Crippen LogP contribution in [0.1, 0.15) is 46.1 Å². The van der Waals surface area contributed by atoms with Gasteiger partial charge in [0.15, 0.2) is 0 Å². The average molecular weight is 525 g/mol. The van der Waals surface area contributed by atoms with Gasteiger partial charge in [0.05, 0.1) is 6.04 Å². The second-order valence-electron chi connectivity index (χ2n) is 9.58. The quantitative estimate of drug-likeness (QED) is 0.199. The van der Waals surface area contributed by atoms with E-state index in [1.165, 1.54) is 23.9 Å². The molecule has 0 radical (unpaired) electrons. The number of hydrogen-bond donors (Lipinski definition) is 6. The highest BCUT2D eigenvalue weighted by atomic mass is 32.2. The minimum absolute atomic E-state index is 0.0429. The van der Waals surface area contributed by atoms with Crippen LogP contribution >= 0.6 is 11.8 Å². The summed E-state index contributed by atoms with van der Waals surface area (Å²) in [5.41, 5.74) is 6.82. The summed E-state index contributed by atoms with van der Waals surface area (Å²) in [5.74, 6) is -2.40. The summed E-state index contributed by atoms with van der Waals surface area (Å²) in [6.07, 6.45) is 2.71. The summed E-state index contributed by atoms with van der Waals surface area (Å²) in [7, 11) is 0. The molecule has 0 saturated heterocycles. The van der Waals surface area contributed by atoms with Gasteiger partial charge in [0.1, 0.15) is 23.9 Å². The Morgan fingerprint density at radius 1 is 0.917 bits per heavy atom. The van der Waals surface area contributed by atoms with Crippen molar-refractivity contribution in [3.63, 3.8) is 0 Å². The second kappa shape index (κ2) is 15.4. The van der Waals surface area contributed by atoms with E-state index in [1.54, 1.807) is 26.0 Å². The summed E-state index contributed by atoms with van der Waals surface area (Å²) in [6.45, 7) is 7.15. The third-order valence-electron chi connectivity index (χ3n) is 5.54. The molecule has 0 spiro atoms. The average Bonchev–Trinajstić information content (AvgIpc) is 2.79. The standard InChI is InChI=1S/C25H40N4O6S/c1-14(2)12-20(24(33)29-21(15(3)4)25(34)35)28-23(32)19(10-11-36-5)27-22(31)18(26)13-16-6-8-17(30)9-7-16/h6-9,14-15,18-21,30H,10-13,26H2,1-5H3,(H,27,31)(H,28,32)(H,29,33)(H,34,35).